The Kier molecular flexibility index (Phi) is 3.48. The zero-order valence-electron chi connectivity index (χ0n) is 13.5. The molecule has 2 bridgehead atoms. The highest BCUT2D eigenvalue weighted by molar-refractivity contribution is 5.88. The Hall–Kier alpha value is -1.35. The van der Waals surface area contributed by atoms with Gasteiger partial charge in [-0.1, -0.05) is 24.3 Å². The van der Waals surface area contributed by atoms with Crippen molar-refractivity contribution < 1.29 is 4.79 Å². The molecule has 118 valence electrons. The Bertz CT molecular complexity index is 585. The molecule has 1 N–H and O–H groups in total. The van der Waals surface area contributed by atoms with Gasteiger partial charge in [-0.05, 0) is 56.6 Å². The first-order valence-electron chi connectivity index (χ1n) is 8.80. The molecule has 4 rings (SSSR count). The first-order chi connectivity index (χ1) is 10.7. The molecular formula is C19H26N2O. The van der Waals surface area contributed by atoms with Gasteiger partial charge in [0.15, 0.2) is 0 Å². The summed E-state index contributed by atoms with van der Waals surface area (Å²) in [5.41, 5.74) is 2.32. The normalized spacial score (nSPS) is 34.1. The van der Waals surface area contributed by atoms with Crippen LogP contribution in [0.5, 0.6) is 0 Å². The van der Waals surface area contributed by atoms with Crippen LogP contribution in [0.4, 0.5) is 0 Å². The summed E-state index contributed by atoms with van der Waals surface area (Å²) in [6.07, 6.45) is 6.85. The van der Waals surface area contributed by atoms with Crippen LogP contribution in [0.3, 0.4) is 0 Å². The Morgan fingerprint density at radius 3 is 2.95 bits per heavy atom. The van der Waals surface area contributed by atoms with E-state index in [0.717, 1.165) is 38.8 Å². The minimum absolute atomic E-state index is 0.321. The first-order valence-corrected chi connectivity index (χ1v) is 8.80. The van der Waals surface area contributed by atoms with E-state index in [-0.39, 0.29) is 5.41 Å². The summed E-state index contributed by atoms with van der Waals surface area (Å²) in [4.78, 5) is 15.5. The summed E-state index contributed by atoms with van der Waals surface area (Å²) < 4.78 is 0. The Morgan fingerprint density at radius 1 is 1.23 bits per heavy atom. The van der Waals surface area contributed by atoms with Crippen molar-refractivity contribution in [2.24, 2.45) is 0 Å². The van der Waals surface area contributed by atoms with E-state index in [9.17, 15) is 4.79 Å². The minimum atomic E-state index is -0.321. The van der Waals surface area contributed by atoms with Crippen molar-refractivity contribution in [2.45, 2.75) is 62.9 Å². The molecule has 3 heteroatoms. The summed E-state index contributed by atoms with van der Waals surface area (Å²) in [6, 6.07) is 9.71. The van der Waals surface area contributed by atoms with Crippen molar-refractivity contribution >= 4 is 5.91 Å². The number of rotatable bonds is 1. The first kappa shape index (κ1) is 14.3. The number of amides is 1. The van der Waals surface area contributed by atoms with Crippen molar-refractivity contribution in [1.29, 1.82) is 0 Å². The van der Waals surface area contributed by atoms with Crippen LogP contribution in [0.1, 0.15) is 50.2 Å². The van der Waals surface area contributed by atoms with Crippen LogP contribution in [0.15, 0.2) is 24.3 Å². The van der Waals surface area contributed by atoms with E-state index in [2.05, 4.69) is 41.4 Å². The largest absolute Gasteiger partial charge is 0.340 e. The van der Waals surface area contributed by atoms with Gasteiger partial charge in [-0.25, -0.2) is 0 Å². The van der Waals surface area contributed by atoms with Crippen LogP contribution in [0.2, 0.25) is 0 Å². The number of aryl methyl sites for hydroxylation is 1. The van der Waals surface area contributed by atoms with E-state index in [1.807, 2.05) is 0 Å². The molecule has 1 amide bonds. The predicted octanol–water partition coefficient (Wildman–Crippen LogP) is 2.63. The second kappa shape index (κ2) is 5.38. The van der Waals surface area contributed by atoms with Crippen LogP contribution in [0, 0.1) is 0 Å². The zero-order valence-corrected chi connectivity index (χ0v) is 13.5. The summed E-state index contributed by atoms with van der Waals surface area (Å²) in [5.74, 6) is 0.356. The SMILES string of the molecule is CC1(C(=O)N2CCC3CCC(C2)N3)CCCc2ccccc21. The van der Waals surface area contributed by atoms with Gasteiger partial charge in [0, 0.05) is 25.2 Å². The maximum atomic E-state index is 13.4. The van der Waals surface area contributed by atoms with E-state index in [0.29, 0.717) is 18.0 Å². The maximum absolute atomic E-state index is 13.4. The molecule has 2 heterocycles. The van der Waals surface area contributed by atoms with Crippen molar-refractivity contribution in [3.05, 3.63) is 35.4 Å². The third-order valence-corrected chi connectivity index (χ3v) is 6.02. The van der Waals surface area contributed by atoms with Gasteiger partial charge in [-0.2, -0.15) is 0 Å². The smallest absolute Gasteiger partial charge is 0.233 e. The average Bonchev–Trinajstić information content (AvgIpc) is 2.86. The topological polar surface area (TPSA) is 32.3 Å². The van der Waals surface area contributed by atoms with Crippen molar-refractivity contribution in [3.8, 4) is 0 Å². The Morgan fingerprint density at radius 2 is 2.05 bits per heavy atom. The molecular weight excluding hydrogens is 272 g/mol. The molecule has 0 spiro atoms. The summed E-state index contributed by atoms with van der Waals surface area (Å²) in [6.45, 7) is 3.99. The summed E-state index contributed by atoms with van der Waals surface area (Å²) in [7, 11) is 0. The number of carbonyl (C=O) groups is 1. The molecule has 3 aliphatic rings. The van der Waals surface area contributed by atoms with Gasteiger partial charge in [0.25, 0.3) is 0 Å². The fraction of sp³-hybridized carbons (Fsp3) is 0.632. The molecule has 0 aromatic heterocycles. The summed E-state index contributed by atoms with van der Waals surface area (Å²) >= 11 is 0. The van der Waals surface area contributed by atoms with Gasteiger partial charge in [0.05, 0.1) is 5.41 Å². The van der Waals surface area contributed by atoms with Gasteiger partial charge in [0.2, 0.25) is 5.91 Å². The fourth-order valence-electron chi connectivity index (χ4n) is 4.74. The number of carbonyl (C=O) groups excluding carboxylic acids is 1. The molecule has 2 saturated heterocycles. The van der Waals surface area contributed by atoms with Crippen LogP contribution in [-0.4, -0.2) is 36.0 Å². The number of nitrogens with one attached hydrogen (secondary N) is 1. The zero-order chi connectivity index (χ0) is 15.2. The van der Waals surface area contributed by atoms with Gasteiger partial charge >= 0.3 is 0 Å². The van der Waals surface area contributed by atoms with Crippen LogP contribution < -0.4 is 5.32 Å². The monoisotopic (exact) mass is 298 g/mol. The number of nitrogens with zero attached hydrogens (tertiary/aromatic N) is 1. The number of likely N-dealkylation sites (tertiary alicyclic amines) is 1. The highest BCUT2D eigenvalue weighted by atomic mass is 16.2. The second-order valence-corrected chi connectivity index (χ2v) is 7.52. The standard InChI is InChI=1S/C19H26N2O/c1-19(11-4-6-14-5-2-3-7-17(14)19)18(22)21-12-10-15-8-9-16(13-21)20-15/h2-3,5,7,15-16,20H,4,6,8-13H2,1H3. The molecule has 3 unspecified atom stereocenters. The average molecular weight is 298 g/mol. The third kappa shape index (κ3) is 2.26. The lowest BCUT2D eigenvalue weighted by Crippen LogP contribution is -2.49. The van der Waals surface area contributed by atoms with Crippen molar-refractivity contribution in [3.63, 3.8) is 0 Å². The lowest BCUT2D eigenvalue weighted by atomic mass is 9.70. The molecule has 3 atom stereocenters. The Balaban J connectivity index is 1.62. The van der Waals surface area contributed by atoms with Gasteiger partial charge < -0.3 is 10.2 Å². The van der Waals surface area contributed by atoms with E-state index in [4.69, 9.17) is 0 Å². The van der Waals surface area contributed by atoms with Gasteiger partial charge in [-0.15, -0.1) is 0 Å². The molecule has 22 heavy (non-hydrogen) atoms. The predicted molar refractivity (Wildman–Crippen MR) is 87.9 cm³/mol. The molecule has 3 nitrogen and oxygen atoms in total. The van der Waals surface area contributed by atoms with Crippen LogP contribution >= 0.6 is 0 Å². The van der Waals surface area contributed by atoms with Crippen molar-refractivity contribution in [2.75, 3.05) is 13.1 Å². The van der Waals surface area contributed by atoms with Gasteiger partial charge in [-0.3, -0.25) is 4.79 Å². The highest BCUT2D eigenvalue weighted by Gasteiger charge is 2.43. The van der Waals surface area contributed by atoms with Crippen LogP contribution in [0.25, 0.3) is 0 Å². The molecule has 1 aromatic carbocycles. The third-order valence-electron chi connectivity index (χ3n) is 6.02. The molecule has 1 aromatic rings. The lowest BCUT2D eigenvalue weighted by Gasteiger charge is -2.39. The Labute approximate surface area is 133 Å². The minimum Gasteiger partial charge on any atom is -0.340 e. The molecule has 0 saturated carbocycles. The molecule has 0 radical (unpaired) electrons. The number of benzene rings is 1. The summed E-state index contributed by atoms with van der Waals surface area (Å²) in [5, 5.41) is 3.68. The number of hydrogen-bond donors (Lipinski definition) is 1. The number of hydrogen-bond acceptors (Lipinski definition) is 2. The second-order valence-electron chi connectivity index (χ2n) is 7.52. The number of fused-ring (bicyclic) bond motifs is 3. The molecule has 2 aliphatic heterocycles. The highest BCUT2D eigenvalue weighted by Crippen LogP contribution is 2.39. The van der Waals surface area contributed by atoms with E-state index in [1.165, 1.54) is 24.0 Å². The van der Waals surface area contributed by atoms with E-state index in [1.54, 1.807) is 0 Å². The molecule has 2 fully saturated rings. The lowest BCUT2D eigenvalue weighted by molar-refractivity contribution is -0.137. The van der Waals surface area contributed by atoms with E-state index < -0.39 is 0 Å². The fourth-order valence-corrected chi connectivity index (χ4v) is 4.74. The van der Waals surface area contributed by atoms with Gasteiger partial charge in [0.1, 0.15) is 0 Å². The quantitative estimate of drug-likeness (QED) is 0.864. The van der Waals surface area contributed by atoms with Crippen molar-refractivity contribution in [1.82, 2.24) is 10.2 Å². The van der Waals surface area contributed by atoms with Crippen LogP contribution in [-0.2, 0) is 16.6 Å². The maximum Gasteiger partial charge on any atom is 0.233 e. The van der Waals surface area contributed by atoms with E-state index >= 15 is 0 Å². The molecule has 1 aliphatic carbocycles.